The van der Waals surface area contributed by atoms with Crippen LogP contribution in [0, 0.1) is 5.41 Å². The van der Waals surface area contributed by atoms with Crippen LogP contribution in [0.2, 0.25) is 0 Å². The molecule has 2 heteroatoms. The van der Waals surface area contributed by atoms with Crippen molar-refractivity contribution < 1.29 is 4.79 Å². The molecule has 0 saturated carbocycles. The number of carbonyl (C=O) groups excluding carboxylic acids is 1. The van der Waals surface area contributed by atoms with Gasteiger partial charge < -0.3 is 4.90 Å². The molecular weight excluding hydrogens is 174 g/mol. The molecule has 0 radical (unpaired) electrons. The van der Waals surface area contributed by atoms with E-state index in [0.717, 1.165) is 13.0 Å². The summed E-state index contributed by atoms with van der Waals surface area (Å²) in [4.78, 5) is 13.3. The van der Waals surface area contributed by atoms with Crippen molar-refractivity contribution in [2.24, 2.45) is 5.41 Å². The Kier molecular flexibility index (Phi) is 3.03. The van der Waals surface area contributed by atoms with E-state index in [1.54, 1.807) is 6.92 Å². The molecule has 14 heavy (non-hydrogen) atoms. The van der Waals surface area contributed by atoms with E-state index >= 15 is 0 Å². The first-order chi connectivity index (χ1) is 6.34. The van der Waals surface area contributed by atoms with Crippen LogP contribution in [0.15, 0.2) is 11.6 Å². The third-order valence-corrected chi connectivity index (χ3v) is 2.92. The molecule has 1 aliphatic heterocycles. The second kappa shape index (κ2) is 3.76. The molecule has 0 N–H and O–H groups in total. The summed E-state index contributed by atoms with van der Waals surface area (Å²) in [7, 11) is 0. The number of hydrogen-bond donors (Lipinski definition) is 0. The second-order valence-electron chi connectivity index (χ2n) is 5.09. The highest BCUT2D eigenvalue weighted by atomic mass is 16.2. The monoisotopic (exact) mass is 195 g/mol. The lowest BCUT2D eigenvalue weighted by Crippen LogP contribution is -2.43. The van der Waals surface area contributed by atoms with Crippen LogP contribution in [0.1, 0.15) is 41.0 Å². The second-order valence-corrected chi connectivity index (χ2v) is 5.09. The van der Waals surface area contributed by atoms with Gasteiger partial charge in [0, 0.05) is 13.5 Å². The van der Waals surface area contributed by atoms with Crippen molar-refractivity contribution in [2.75, 3.05) is 6.54 Å². The van der Waals surface area contributed by atoms with Gasteiger partial charge in [-0.25, -0.2) is 0 Å². The maximum atomic E-state index is 11.4. The molecule has 0 spiro atoms. The van der Waals surface area contributed by atoms with Gasteiger partial charge in [-0.1, -0.05) is 26.8 Å². The highest BCUT2D eigenvalue weighted by Gasteiger charge is 2.29. The van der Waals surface area contributed by atoms with Gasteiger partial charge in [0.2, 0.25) is 5.91 Å². The number of amides is 1. The largest absolute Gasteiger partial charge is 0.336 e. The summed E-state index contributed by atoms with van der Waals surface area (Å²) >= 11 is 0. The molecule has 0 aromatic heterocycles. The number of carbonyl (C=O) groups is 1. The maximum Gasteiger partial charge on any atom is 0.219 e. The van der Waals surface area contributed by atoms with Gasteiger partial charge in [-0.15, -0.1) is 0 Å². The third kappa shape index (κ3) is 2.17. The Bertz CT molecular complexity index is 260. The molecule has 1 heterocycles. The minimum Gasteiger partial charge on any atom is -0.336 e. The van der Waals surface area contributed by atoms with Crippen molar-refractivity contribution in [2.45, 2.75) is 47.1 Å². The number of nitrogens with zero attached hydrogens (tertiary/aromatic N) is 1. The normalized spacial score (nSPS) is 23.4. The molecule has 0 saturated heterocycles. The van der Waals surface area contributed by atoms with Crippen molar-refractivity contribution in [1.29, 1.82) is 0 Å². The minimum atomic E-state index is 0.174. The zero-order valence-electron chi connectivity index (χ0n) is 9.92. The average Bonchev–Trinajstić information content (AvgIpc) is 2.01. The van der Waals surface area contributed by atoms with Crippen LogP contribution in [-0.4, -0.2) is 23.4 Å². The average molecular weight is 195 g/mol. The molecule has 0 bridgehead atoms. The maximum absolute atomic E-state index is 11.4. The molecule has 0 unspecified atom stereocenters. The van der Waals surface area contributed by atoms with Crippen LogP contribution in [0.5, 0.6) is 0 Å². The first-order valence-corrected chi connectivity index (χ1v) is 5.32. The van der Waals surface area contributed by atoms with Crippen LogP contribution < -0.4 is 0 Å². The topological polar surface area (TPSA) is 20.3 Å². The first kappa shape index (κ1) is 11.3. The van der Waals surface area contributed by atoms with Crippen LogP contribution >= 0.6 is 0 Å². The molecule has 80 valence electrons. The Morgan fingerprint density at radius 3 is 2.50 bits per heavy atom. The molecule has 0 aromatic rings. The summed E-state index contributed by atoms with van der Waals surface area (Å²) in [6.07, 6.45) is 3.29. The lowest BCUT2D eigenvalue weighted by atomic mass is 9.80. The van der Waals surface area contributed by atoms with E-state index < -0.39 is 0 Å². The van der Waals surface area contributed by atoms with Crippen LogP contribution in [0.25, 0.3) is 0 Å². The Morgan fingerprint density at radius 2 is 2.07 bits per heavy atom. The van der Waals surface area contributed by atoms with E-state index in [4.69, 9.17) is 0 Å². The fourth-order valence-electron chi connectivity index (χ4n) is 2.25. The van der Waals surface area contributed by atoms with E-state index in [1.165, 1.54) is 5.57 Å². The molecule has 1 rings (SSSR count). The zero-order valence-corrected chi connectivity index (χ0v) is 9.92. The van der Waals surface area contributed by atoms with Crippen LogP contribution in [0.4, 0.5) is 0 Å². The standard InChI is InChI=1S/C12H21NO/c1-9-11(12(3,4)5)7-6-8-13(9)10(2)14/h7,9H,6,8H2,1-5H3/t9-/m0/s1. The summed E-state index contributed by atoms with van der Waals surface area (Å²) in [6.45, 7) is 11.3. The van der Waals surface area contributed by atoms with E-state index in [-0.39, 0.29) is 17.4 Å². The van der Waals surface area contributed by atoms with Gasteiger partial charge in [-0.05, 0) is 24.3 Å². The predicted octanol–water partition coefficient (Wildman–Crippen LogP) is 2.60. The SMILES string of the molecule is CC(=O)N1CCC=C(C(C)(C)C)[C@@H]1C. The fraction of sp³-hybridized carbons (Fsp3) is 0.750. The summed E-state index contributed by atoms with van der Waals surface area (Å²) in [6, 6.07) is 0.265. The van der Waals surface area contributed by atoms with Gasteiger partial charge in [-0.2, -0.15) is 0 Å². The Balaban J connectivity index is 2.90. The lowest BCUT2D eigenvalue weighted by molar-refractivity contribution is -0.130. The Morgan fingerprint density at radius 1 is 1.50 bits per heavy atom. The lowest BCUT2D eigenvalue weighted by Gasteiger charge is -2.39. The Labute approximate surface area is 87.0 Å². The zero-order chi connectivity index (χ0) is 10.9. The van der Waals surface area contributed by atoms with Crippen molar-refractivity contribution in [3.8, 4) is 0 Å². The van der Waals surface area contributed by atoms with E-state index in [9.17, 15) is 4.79 Å². The highest BCUT2D eigenvalue weighted by Crippen LogP contribution is 2.33. The van der Waals surface area contributed by atoms with Gasteiger partial charge in [-0.3, -0.25) is 4.79 Å². The van der Waals surface area contributed by atoms with Crippen molar-refractivity contribution in [3.63, 3.8) is 0 Å². The quantitative estimate of drug-likeness (QED) is 0.544. The molecule has 1 aliphatic rings. The first-order valence-electron chi connectivity index (χ1n) is 5.32. The highest BCUT2D eigenvalue weighted by molar-refractivity contribution is 5.74. The molecule has 1 amide bonds. The van der Waals surface area contributed by atoms with Crippen LogP contribution in [0.3, 0.4) is 0 Å². The van der Waals surface area contributed by atoms with E-state index in [1.807, 2.05) is 4.90 Å². The number of rotatable bonds is 0. The van der Waals surface area contributed by atoms with Crippen molar-refractivity contribution >= 4 is 5.91 Å². The van der Waals surface area contributed by atoms with E-state index in [2.05, 4.69) is 33.8 Å². The molecule has 0 aromatic carbocycles. The molecule has 0 fully saturated rings. The predicted molar refractivity (Wildman–Crippen MR) is 59.0 cm³/mol. The number of hydrogen-bond acceptors (Lipinski definition) is 1. The van der Waals surface area contributed by atoms with Gasteiger partial charge in [0.1, 0.15) is 0 Å². The summed E-state index contributed by atoms with van der Waals surface area (Å²) in [5.74, 6) is 0.187. The Hall–Kier alpha value is -0.790. The van der Waals surface area contributed by atoms with Gasteiger partial charge >= 0.3 is 0 Å². The summed E-state index contributed by atoms with van der Waals surface area (Å²) < 4.78 is 0. The smallest absolute Gasteiger partial charge is 0.219 e. The van der Waals surface area contributed by atoms with E-state index in [0.29, 0.717) is 0 Å². The van der Waals surface area contributed by atoms with Gasteiger partial charge in [0.15, 0.2) is 0 Å². The summed E-state index contributed by atoms with van der Waals surface area (Å²) in [5, 5.41) is 0. The van der Waals surface area contributed by atoms with Crippen molar-refractivity contribution in [1.82, 2.24) is 4.90 Å². The molecule has 0 aliphatic carbocycles. The van der Waals surface area contributed by atoms with Gasteiger partial charge in [0.25, 0.3) is 0 Å². The summed E-state index contributed by atoms with van der Waals surface area (Å²) in [5.41, 5.74) is 1.56. The third-order valence-electron chi connectivity index (χ3n) is 2.92. The fourth-order valence-corrected chi connectivity index (χ4v) is 2.25. The van der Waals surface area contributed by atoms with Crippen LogP contribution in [-0.2, 0) is 4.79 Å². The van der Waals surface area contributed by atoms with Crippen molar-refractivity contribution in [3.05, 3.63) is 11.6 Å². The van der Waals surface area contributed by atoms with Gasteiger partial charge in [0.05, 0.1) is 6.04 Å². The minimum absolute atomic E-state index is 0.174. The molecule has 1 atom stereocenters. The molecular formula is C12H21NO. The molecule has 2 nitrogen and oxygen atoms in total.